The van der Waals surface area contributed by atoms with Gasteiger partial charge in [-0.2, -0.15) is 0 Å². The van der Waals surface area contributed by atoms with Gasteiger partial charge >= 0.3 is 0 Å². The molecule has 0 spiro atoms. The third-order valence-electron chi connectivity index (χ3n) is 5.31. The van der Waals surface area contributed by atoms with Gasteiger partial charge in [0.05, 0.1) is 12.1 Å². The number of likely N-dealkylation sites (tertiary alicyclic amines) is 1. The van der Waals surface area contributed by atoms with Gasteiger partial charge in [0.1, 0.15) is 0 Å². The van der Waals surface area contributed by atoms with Crippen LogP contribution >= 0.6 is 15.9 Å². The fourth-order valence-electron chi connectivity index (χ4n) is 3.79. The molecular formula is C21H27BrN4O2. The fraction of sp³-hybridized carbons (Fsp3) is 0.429. The van der Waals surface area contributed by atoms with Gasteiger partial charge in [-0.25, -0.2) is 0 Å². The zero-order chi connectivity index (χ0) is 20.3. The Morgan fingerprint density at radius 3 is 2.54 bits per heavy atom. The second-order valence-corrected chi connectivity index (χ2v) is 8.21. The van der Waals surface area contributed by atoms with E-state index in [9.17, 15) is 9.59 Å². The number of likely N-dealkylation sites (N-methyl/N-ethyl adjacent to an activating group) is 1. The number of halogens is 1. The van der Waals surface area contributed by atoms with Crippen molar-refractivity contribution in [3.63, 3.8) is 0 Å². The zero-order valence-electron chi connectivity index (χ0n) is 16.6. The molecule has 0 bridgehead atoms. The normalized spacial score (nSPS) is 15.4. The number of carbonyl (C=O) groups excluding carboxylic acids is 2. The van der Waals surface area contributed by atoms with Gasteiger partial charge in [-0.1, -0.05) is 22.0 Å². The Kier molecular flexibility index (Phi) is 6.57. The van der Waals surface area contributed by atoms with Crippen molar-refractivity contribution in [2.75, 3.05) is 26.7 Å². The highest BCUT2D eigenvalue weighted by atomic mass is 79.9. The average molecular weight is 447 g/mol. The Hall–Kier alpha value is -2.12. The molecule has 2 aromatic rings. The van der Waals surface area contributed by atoms with Crippen LogP contribution in [-0.2, 0) is 4.79 Å². The largest absolute Gasteiger partial charge is 0.358 e. The summed E-state index contributed by atoms with van der Waals surface area (Å²) < 4.78 is 3.11. The molecule has 0 unspecified atom stereocenters. The molecule has 1 saturated heterocycles. The minimum atomic E-state index is -0.0286. The highest BCUT2D eigenvalue weighted by Crippen LogP contribution is 2.23. The van der Waals surface area contributed by atoms with Crippen LogP contribution in [0.3, 0.4) is 0 Å². The maximum absolute atomic E-state index is 12.9. The number of carbonyl (C=O) groups is 2. The average Bonchev–Trinajstić information content (AvgIpc) is 2.97. The molecule has 0 aliphatic carbocycles. The summed E-state index contributed by atoms with van der Waals surface area (Å²) in [5.41, 5.74) is 3.71. The van der Waals surface area contributed by atoms with E-state index in [-0.39, 0.29) is 17.9 Å². The van der Waals surface area contributed by atoms with Gasteiger partial charge < -0.3 is 15.2 Å². The number of aromatic nitrogens is 1. The molecule has 3 rings (SSSR count). The van der Waals surface area contributed by atoms with E-state index in [1.807, 2.05) is 44.2 Å². The molecule has 7 heteroatoms. The van der Waals surface area contributed by atoms with Crippen molar-refractivity contribution in [3.05, 3.63) is 51.8 Å². The summed E-state index contributed by atoms with van der Waals surface area (Å²) in [6.45, 7) is 6.05. The lowest BCUT2D eigenvalue weighted by atomic mass is 10.0. The van der Waals surface area contributed by atoms with Crippen molar-refractivity contribution >= 4 is 27.7 Å². The topological polar surface area (TPSA) is 66.4 Å². The van der Waals surface area contributed by atoms with Crippen LogP contribution in [0.4, 0.5) is 0 Å². The minimum Gasteiger partial charge on any atom is -0.358 e. The van der Waals surface area contributed by atoms with Crippen molar-refractivity contribution in [1.82, 2.24) is 20.1 Å². The first-order chi connectivity index (χ1) is 13.4. The summed E-state index contributed by atoms with van der Waals surface area (Å²) in [6.07, 6.45) is 1.71. The van der Waals surface area contributed by atoms with Crippen molar-refractivity contribution in [2.45, 2.75) is 32.7 Å². The number of nitrogens with zero attached hydrogens (tertiary/aromatic N) is 2. The minimum absolute atomic E-state index is 0.0286. The van der Waals surface area contributed by atoms with Crippen LogP contribution in [0.25, 0.3) is 5.69 Å². The van der Waals surface area contributed by atoms with E-state index in [1.54, 1.807) is 7.05 Å². The Morgan fingerprint density at radius 1 is 1.18 bits per heavy atom. The van der Waals surface area contributed by atoms with Crippen LogP contribution in [0, 0.1) is 13.8 Å². The number of piperidine rings is 1. The molecule has 1 fully saturated rings. The summed E-state index contributed by atoms with van der Waals surface area (Å²) >= 11 is 3.51. The molecule has 2 heterocycles. The lowest BCUT2D eigenvalue weighted by Gasteiger charge is -2.31. The Bertz CT molecular complexity index is 869. The molecule has 28 heavy (non-hydrogen) atoms. The van der Waals surface area contributed by atoms with E-state index in [2.05, 4.69) is 36.0 Å². The first-order valence-corrected chi connectivity index (χ1v) is 10.4. The molecule has 2 N–H and O–H groups in total. The van der Waals surface area contributed by atoms with Crippen LogP contribution in [0.5, 0.6) is 0 Å². The molecule has 0 radical (unpaired) electrons. The van der Waals surface area contributed by atoms with Gasteiger partial charge in [0.25, 0.3) is 5.91 Å². The van der Waals surface area contributed by atoms with Crippen molar-refractivity contribution in [2.24, 2.45) is 0 Å². The Labute approximate surface area is 174 Å². The van der Waals surface area contributed by atoms with Gasteiger partial charge in [-0.3, -0.25) is 14.5 Å². The van der Waals surface area contributed by atoms with E-state index >= 15 is 0 Å². The number of rotatable bonds is 5. The van der Waals surface area contributed by atoms with E-state index in [0.717, 1.165) is 47.5 Å². The first kappa shape index (κ1) is 20.6. The van der Waals surface area contributed by atoms with Gasteiger partial charge in [0.2, 0.25) is 5.91 Å². The number of benzene rings is 1. The lowest BCUT2D eigenvalue weighted by Crippen LogP contribution is -2.47. The molecule has 1 aliphatic rings. The van der Waals surface area contributed by atoms with Crippen LogP contribution in [0.1, 0.15) is 34.6 Å². The molecule has 0 saturated carbocycles. The molecule has 0 atom stereocenters. The summed E-state index contributed by atoms with van der Waals surface area (Å²) in [7, 11) is 1.65. The third-order valence-corrected chi connectivity index (χ3v) is 5.80. The Morgan fingerprint density at radius 2 is 1.89 bits per heavy atom. The smallest absolute Gasteiger partial charge is 0.253 e. The number of aryl methyl sites for hydroxylation is 1. The summed E-state index contributed by atoms with van der Waals surface area (Å²) in [6, 6.07) is 10.2. The standard InChI is InChI=1S/C21H27BrN4O2/c1-14-11-19(15(2)26(14)18-6-4-5-16(22)12-18)21(28)24-17-7-9-25(10-8-17)13-20(27)23-3/h4-6,11-12,17H,7-10,13H2,1-3H3,(H,23,27)(H,24,28). The number of hydrogen-bond acceptors (Lipinski definition) is 3. The van der Waals surface area contributed by atoms with Crippen molar-refractivity contribution in [1.29, 1.82) is 0 Å². The fourth-order valence-corrected chi connectivity index (χ4v) is 4.17. The monoisotopic (exact) mass is 446 g/mol. The number of amides is 2. The van der Waals surface area contributed by atoms with Crippen LogP contribution in [0.2, 0.25) is 0 Å². The second-order valence-electron chi connectivity index (χ2n) is 7.30. The molecule has 2 amide bonds. The predicted octanol–water partition coefficient (Wildman–Crippen LogP) is 2.80. The molecule has 1 aromatic carbocycles. The maximum atomic E-state index is 12.9. The predicted molar refractivity (Wildman–Crippen MR) is 114 cm³/mol. The van der Waals surface area contributed by atoms with E-state index in [4.69, 9.17) is 0 Å². The summed E-state index contributed by atoms with van der Waals surface area (Å²) in [5, 5.41) is 5.83. The molecular weight excluding hydrogens is 420 g/mol. The first-order valence-electron chi connectivity index (χ1n) is 9.57. The van der Waals surface area contributed by atoms with Crippen molar-refractivity contribution < 1.29 is 9.59 Å². The van der Waals surface area contributed by atoms with E-state index in [1.165, 1.54) is 0 Å². The highest BCUT2D eigenvalue weighted by Gasteiger charge is 2.24. The second kappa shape index (κ2) is 8.92. The van der Waals surface area contributed by atoms with Gasteiger partial charge in [0, 0.05) is 47.7 Å². The molecule has 1 aromatic heterocycles. The SMILES string of the molecule is CNC(=O)CN1CCC(NC(=O)c2cc(C)n(-c3cccc(Br)c3)c2C)CC1. The zero-order valence-corrected chi connectivity index (χ0v) is 18.2. The third kappa shape index (κ3) is 4.64. The maximum Gasteiger partial charge on any atom is 0.253 e. The summed E-state index contributed by atoms with van der Waals surface area (Å²) in [5.74, 6) is 0.00146. The van der Waals surface area contributed by atoms with Crippen LogP contribution < -0.4 is 10.6 Å². The van der Waals surface area contributed by atoms with E-state index < -0.39 is 0 Å². The number of hydrogen-bond donors (Lipinski definition) is 2. The Balaban J connectivity index is 1.66. The van der Waals surface area contributed by atoms with Gasteiger partial charge in [-0.15, -0.1) is 0 Å². The molecule has 150 valence electrons. The highest BCUT2D eigenvalue weighted by molar-refractivity contribution is 9.10. The number of nitrogens with one attached hydrogen (secondary N) is 2. The van der Waals surface area contributed by atoms with E-state index in [0.29, 0.717) is 12.1 Å². The van der Waals surface area contributed by atoms with Gasteiger partial charge in [-0.05, 0) is 51.0 Å². The van der Waals surface area contributed by atoms with Crippen molar-refractivity contribution in [3.8, 4) is 5.69 Å². The van der Waals surface area contributed by atoms with Gasteiger partial charge in [0.15, 0.2) is 0 Å². The van der Waals surface area contributed by atoms with Crippen LogP contribution in [0.15, 0.2) is 34.8 Å². The van der Waals surface area contributed by atoms with Crippen LogP contribution in [-0.4, -0.2) is 54.0 Å². The lowest BCUT2D eigenvalue weighted by molar-refractivity contribution is -0.122. The molecule has 1 aliphatic heterocycles. The molecule has 6 nitrogen and oxygen atoms in total. The summed E-state index contributed by atoms with van der Waals surface area (Å²) in [4.78, 5) is 26.5. The quantitative estimate of drug-likeness (QED) is 0.741.